The topological polar surface area (TPSA) is 55.1 Å². The molecule has 3 nitrogen and oxygen atoms in total. The zero-order valence-electron chi connectivity index (χ0n) is 11.8. The Morgan fingerprint density at radius 1 is 1.26 bits per heavy atom. The molecule has 0 saturated carbocycles. The average Bonchev–Trinajstić information content (AvgIpc) is 2.40. The van der Waals surface area contributed by atoms with Crippen LogP contribution in [0.15, 0.2) is 24.3 Å². The van der Waals surface area contributed by atoms with Crippen LogP contribution in [0.4, 0.5) is 5.69 Å². The molecule has 0 aliphatic carbocycles. The van der Waals surface area contributed by atoms with Gasteiger partial charge in [0.15, 0.2) is 0 Å². The van der Waals surface area contributed by atoms with Crippen LogP contribution < -0.4 is 11.1 Å². The summed E-state index contributed by atoms with van der Waals surface area (Å²) < 4.78 is 0. The van der Waals surface area contributed by atoms with Crippen molar-refractivity contribution in [3.8, 4) is 0 Å². The van der Waals surface area contributed by atoms with Gasteiger partial charge in [0.05, 0.1) is 0 Å². The number of hydrogen-bond acceptors (Lipinski definition) is 2. The highest BCUT2D eigenvalue weighted by molar-refractivity contribution is 5.92. The van der Waals surface area contributed by atoms with Gasteiger partial charge in [-0.3, -0.25) is 4.79 Å². The number of halogens is 1. The predicted molar refractivity (Wildman–Crippen MR) is 83.8 cm³/mol. The summed E-state index contributed by atoms with van der Waals surface area (Å²) in [6.07, 6.45) is 4.85. The van der Waals surface area contributed by atoms with Crippen LogP contribution in [0, 0.1) is 5.92 Å². The molecule has 1 aromatic rings. The van der Waals surface area contributed by atoms with Gasteiger partial charge < -0.3 is 11.1 Å². The lowest BCUT2D eigenvalue weighted by molar-refractivity contribution is -0.119. The largest absolute Gasteiger partial charge is 0.330 e. The number of nitrogens with one attached hydrogen (secondary N) is 1. The fourth-order valence-electron chi connectivity index (χ4n) is 1.71. The lowest BCUT2D eigenvalue weighted by Crippen LogP contribution is -2.26. The average molecular weight is 285 g/mol. The first-order valence-electron chi connectivity index (χ1n) is 6.77. The van der Waals surface area contributed by atoms with Crippen LogP contribution in [0.5, 0.6) is 0 Å². The van der Waals surface area contributed by atoms with Crippen molar-refractivity contribution in [2.45, 2.75) is 39.5 Å². The van der Waals surface area contributed by atoms with Crippen molar-refractivity contribution in [2.75, 3.05) is 11.9 Å². The van der Waals surface area contributed by atoms with Gasteiger partial charge in [0.25, 0.3) is 0 Å². The van der Waals surface area contributed by atoms with Crippen LogP contribution in [-0.2, 0) is 11.2 Å². The number of aryl methyl sites for hydroxylation is 1. The Labute approximate surface area is 122 Å². The molecule has 3 N–H and O–H groups in total. The summed E-state index contributed by atoms with van der Waals surface area (Å²) in [6, 6.07) is 8.08. The number of amides is 1. The third-order valence-corrected chi connectivity index (χ3v) is 3.09. The summed E-state index contributed by atoms with van der Waals surface area (Å²) in [4.78, 5) is 11.6. The van der Waals surface area contributed by atoms with Crippen LogP contribution in [0.1, 0.15) is 38.7 Å². The van der Waals surface area contributed by atoms with Gasteiger partial charge in [-0.2, -0.15) is 0 Å². The summed E-state index contributed by atoms with van der Waals surface area (Å²) >= 11 is 0. The Balaban J connectivity index is 0.00000324. The van der Waals surface area contributed by atoms with E-state index in [4.69, 9.17) is 5.73 Å². The van der Waals surface area contributed by atoms with Gasteiger partial charge in [-0.05, 0) is 30.5 Å². The molecule has 0 heterocycles. The minimum atomic E-state index is -0.144. The minimum Gasteiger partial charge on any atom is -0.330 e. The highest BCUT2D eigenvalue weighted by Gasteiger charge is 2.10. The Hall–Kier alpha value is -1.06. The molecule has 0 aromatic heterocycles. The highest BCUT2D eigenvalue weighted by Crippen LogP contribution is 2.13. The van der Waals surface area contributed by atoms with Gasteiger partial charge in [0.1, 0.15) is 0 Å². The molecular weight excluding hydrogens is 260 g/mol. The monoisotopic (exact) mass is 284 g/mol. The van der Waals surface area contributed by atoms with E-state index in [9.17, 15) is 4.79 Å². The molecule has 0 spiro atoms. The molecule has 1 atom stereocenters. The van der Waals surface area contributed by atoms with E-state index in [1.165, 1.54) is 24.8 Å². The van der Waals surface area contributed by atoms with Gasteiger partial charge >= 0.3 is 0 Å². The van der Waals surface area contributed by atoms with E-state index in [0.29, 0.717) is 6.54 Å². The maximum Gasteiger partial charge on any atom is 0.228 e. The molecule has 1 unspecified atom stereocenters. The summed E-state index contributed by atoms with van der Waals surface area (Å²) in [5, 5.41) is 2.87. The first-order valence-corrected chi connectivity index (χ1v) is 6.77. The minimum absolute atomic E-state index is 0. The van der Waals surface area contributed by atoms with E-state index in [0.717, 1.165) is 12.1 Å². The number of benzene rings is 1. The standard InChI is InChI=1S/C15H24N2O.ClH/c1-3-4-5-6-13-7-9-14(10-8-13)17-15(18)12(2)11-16;/h7-10,12H,3-6,11,16H2,1-2H3,(H,17,18);1H. The molecule has 0 bridgehead atoms. The summed E-state index contributed by atoms with van der Waals surface area (Å²) in [7, 11) is 0. The molecule has 4 heteroatoms. The number of carbonyl (C=O) groups is 1. The molecule has 1 amide bonds. The molecule has 0 aliphatic rings. The molecule has 19 heavy (non-hydrogen) atoms. The second-order valence-electron chi connectivity index (χ2n) is 4.78. The Bertz CT molecular complexity index is 365. The van der Waals surface area contributed by atoms with Gasteiger partial charge in [-0.1, -0.05) is 38.8 Å². The van der Waals surface area contributed by atoms with Crippen LogP contribution in [0.25, 0.3) is 0 Å². The van der Waals surface area contributed by atoms with Crippen molar-refractivity contribution in [3.05, 3.63) is 29.8 Å². The molecule has 1 rings (SSSR count). The second kappa shape index (κ2) is 9.82. The third-order valence-electron chi connectivity index (χ3n) is 3.09. The number of carbonyl (C=O) groups excluding carboxylic acids is 1. The number of hydrogen-bond donors (Lipinski definition) is 2. The van der Waals surface area contributed by atoms with E-state index in [-0.39, 0.29) is 24.2 Å². The summed E-state index contributed by atoms with van der Waals surface area (Å²) in [5.74, 6) is -0.162. The fourth-order valence-corrected chi connectivity index (χ4v) is 1.71. The van der Waals surface area contributed by atoms with E-state index in [1.54, 1.807) is 0 Å². The maximum absolute atomic E-state index is 11.6. The third kappa shape index (κ3) is 6.60. The fraction of sp³-hybridized carbons (Fsp3) is 0.533. The highest BCUT2D eigenvalue weighted by atomic mass is 35.5. The molecule has 1 aromatic carbocycles. The molecule has 0 aliphatic heterocycles. The number of unbranched alkanes of at least 4 members (excludes halogenated alkanes) is 2. The van der Waals surface area contributed by atoms with E-state index < -0.39 is 0 Å². The molecule has 0 radical (unpaired) electrons. The van der Waals surface area contributed by atoms with Crippen molar-refractivity contribution in [3.63, 3.8) is 0 Å². The van der Waals surface area contributed by atoms with Gasteiger partial charge in [0.2, 0.25) is 5.91 Å². The van der Waals surface area contributed by atoms with Crippen molar-refractivity contribution >= 4 is 24.0 Å². The van der Waals surface area contributed by atoms with Crippen LogP contribution >= 0.6 is 12.4 Å². The SMILES string of the molecule is CCCCCc1ccc(NC(=O)C(C)CN)cc1.Cl. The smallest absolute Gasteiger partial charge is 0.228 e. The molecule has 0 saturated heterocycles. The van der Waals surface area contributed by atoms with Crippen molar-refractivity contribution in [1.82, 2.24) is 0 Å². The van der Waals surface area contributed by atoms with E-state index >= 15 is 0 Å². The summed E-state index contributed by atoms with van der Waals surface area (Å²) in [5.41, 5.74) is 7.63. The molecule has 108 valence electrons. The zero-order valence-corrected chi connectivity index (χ0v) is 12.6. The molecule has 0 fully saturated rings. The van der Waals surface area contributed by atoms with Gasteiger partial charge in [-0.25, -0.2) is 0 Å². The normalized spacial score (nSPS) is 11.5. The van der Waals surface area contributed by atoms with Crippen molar-refractivity contribution in [1.29, 1.82) is 0 Å². The predicted octanol–water partition coefficient (Wildman–Crippen LogP) is 3.37. The van der Waals surface area contributed by atoms with Crippen LogP contribution in [-0.4, -0.2) is 12.5 Å². The van der Waals surface area contributed by atoms with E-state index in [1.807, 2.05) is 19.1 Å². The quantitative estimate of drug-likeness (QED) is 0.754. The second-order valence-corrected chi connectivity index (χ2v) is 4.78. The Morgan fingerprint density at radius 3 is 2.42 bits per heavy atom. The molecular formula is C15H25ClN2O. The Kier molecular flexibility index (Phi) is 9.27. The lowest BCUT2D eigenvalue weighted by Gasteiger charge is -2.10. The van der Waals surface area contributed by atoms with Gasteiger partial charge in [-0.15, -0.1) is 12.4 Å². The number of anilines is 1. The summed E-state index contributed by atoms with van der Waals surface area (Å²) in [6.45, 7) is 4.41. The first kappa shape index (κ1) is 17.9. The van der Waals surface area contributed by atoms with Crippen LogP contribution in [0.3, 0.4) is 0 Å². The maximum atomic E-state index is 11.6. The number of rotatable bonds is 7. The first-order chi connectivity index (χ1) is 8.67. The van der Waals surface area contributed by atoms with Crippen molar-refractivity contribution in [2.24, 2.45) is 11.7 Å². The Morgan fingerprint density at radius 2 is 1.89 bits per heavy atom. The number of nitrogens with two attached hydrogens (primary N) is 1. The van der Waals surface area contributed by atoms with E-state index in [2.05, 4.69) is 24.4 Å². The zero-order chi connectivity index (χ0) is 13.4. The van der Waals surface area contributed by atoms with Gasteiger partial charge in [0, 0.05) is 18.2 Å². The lowest BCUT2D eigenvalue weighted by atomic mass is 10.1. The van der Waals surface area contributed by atoms with Crippen LogP contribution in [0.2, 0.25) is 0 Å². The van der Waals surface area contributed by atoms with Crippen molar-refractivity contribution < 1.29 is 4.79 Å².